The molecule has 1 aliphatic heterocycles. The minimum absolute atomic E-state index is 0.582. The Balaban J connectivity index is 1.97. The van der Waals surface area contributed by atoms with Gasteiger partial charge in [0.05, 0.1) is 0 Å². The third kappa shape index (κ3) is 4.74. The lowest BCUT2D eigenvalue weighted by molar-refractivity contribution is 0.381. The maximum atomic E-state index is 11.5. The minimum Gasteiger partial charge on any atom is -0.316 e. The Hall–Kier alpha value is 0.0700. The first-order valence-electron chi connectivity index (χ1n) is 4.89. The molecule has 0 amide bonds. The lowest BCUT2D eigenvalue weighted by Gasteiger charge is -2.26. The van der Waals surface area contributed by atoms with E-state index in [1.54, 1.807) is 0 Å². The summed E-state index contributed by atoms with van der Waals surface area (Å²) in [6.45, 7) is 3.19. The minimum atomic E-state index is -0.582. The zero-order chi connectivity index (χ0) is 9.68. The van der Waals surface area contributed by atoms with E-state index in [4.69, 9.17) is 0 Å². The fourth-order valence-corrected chi connectivity index (χ4v) is 2.73. The van der Waals surface area contributed by atoms with Crippen molar-refractivity contribution in [2.75, 3.05) is 45.2 Å². The molecule has 0 spiro atoms. The highest BCUT2D eigenvalue weighted by Gasteiger charge is 2.18. The van der Waals surface area contributed by atoms with Crippen molar-refractivity contribution in [2.24, 2.45) is 5.92 Å². The van der Waals surface area contributed by atoms with Gasteiger partial charge in [0, 0.05) is 35.4 Å². The summed E-state index contributed by atoms with van der Waals surface area (Å²) in [5.74, 6) is 2.45. The quantitative estimate of drug-likeness (QED) is 0.656. The number of rotatable bonds is 6. The van der Waals surface area contributed by atoms with Crippen LogP contribution in [0.4, 0.5) is 0 Å². The van der Waals surface area contributed by atoms with Crippen molar-refractivity contribution >= 4 is 10.8 Å². The maximum Gasteiger partial charge on any atom is 0.0287 e. The number of hydrogen-bond donors (Lipinski definition) is 1. The average molecular weight is 204 g/mol. The van der Waals surface area contributed by atoms with Crippen LogP contribution in [0.2, 0.25) is 0 Å². The van der Waals surface area contributed by atoms with Crippen LogP contribution in [0.1, 0.15) is 6.42 Å². The highest BCUT2D eigenvalue weighted by molar-refractivity contribution is 7.84. The first kappa shape index (κ1) is 11.1. The van der Waals surface area contributed by atoms with Crippen molar-refractivity contribution in [3.8, 4) is 0 Å². The average Bonchev–Trinajstić information content (AvgIpc) is 1.96. The molecule has 0 bridgehead atoms. The van der Waals surface area contributed by atoms with Gasteiger partial charge in [-0.3, -0.25) is 4.21 Å². The summed E-state index contributed by atoms with van der Waals surface area (Å²) in [6.07, 6.45) is 1.06. The predicted octanol–water partition coefficient (Wildman–Crippen LogP) is -0.0938. The van der Waals surface area contributed by atoms with Crippen molar-refractivity contribution in [3.05, 3.63) is 0 Å². The van der Waals surface area contributed by atoms with Crippen LogP contribution in [-0.2, 0) is 10.8 Å². The second-order valence-corrected chi connectivity index (χ2v) is 5.61. The summed E-state index contributed by atoms with van der Waals surface area (Å²) in [5.41, 5.74) is 0. The highest BCUT2D eigenvalue weighted by atomic mass is 32.2. The van der Waals surface area contributed by atoms with E-state index in [0.29, 0.717) is 5.92 Å². The Labute approximate surface area is 83.3 Å². The molecule has 1 N–H and O–H groups in total. The van der Waals surface area contributed by atoms with Crippen molar-refractivity contribution in [2.45, 2.75) is 6.42 Å². The standard InChI is InChI=1S/C9H20N2OS/c1-11(2)4-3-5-13(12)8-9-6-10-7-9/h9-10H,3-8H2,1-2H3. The van der Waals surface area contributed by atoms with Crippen molar-refractivity contribution in [1.29, 1.82) is 0 Å². The van der Waals surface area contributed by atoms with Crippen LogP contribution in [0.15, 0.2) is 0 Å². The van der Waals surface area contributed by atoms with Gasteiger partial charge in [0.15, 0.2) is 0 Å². The van der Waals surface area contributed by atoms with Crippen molar-refractivity contribution in [3.63, 3.8) is 0 Å². The van der Waals surface area contributed by atoms with Crippen LogP contribution in [0.5, 0.6) is 0 Å². The maximum absolute atomic E-state index is 11.5. The second-order valence-electron chi connectivity index (χ2n) is 3.99. The van der Waals surface area contributed by atoms with Crippen LogP contribution in [0.3, 0.4) is 0 Å². The normalized spacial score (nSPS) is 20.2. The van der Waals surface area contributed by atoms with Gasteiger partial charge in [0.25, 0.3) is 0 Å². The van der Waals surface area contributed by atoms with E-state index in [2.05, 4.69) is 24.3 Å². The van der Waals surface area contributed by atoms with Gasteiger partial charge in [0.1, 0.15) is 0 Å². The smallest absolute Gasteiger partial charge is 0.0287 e. The van der Waals surface area contributed by atoms with Gasteiger partial charge in [-0.2, -0.15) is 0 Å². The SMILES string of the molecule is CN(C)CCCS(=O)CC1CNC1. The molecule has 0 radical (unpaired) electrons. The number of nitrogens with one attached hydrogen (secondary N) is 1. The summed E-state index contributed by atoms with van der Waals surface area (Å²) in [5, 5.41) is 3.20. The molecule has 1 rings (SSSR count). The Kier molecular flexibility index (Phi) is 4.91. The molecule has 3 nitrogen and oxygen atoms in total. The summed E-state index contributed by atoms with van der Waals surface area (Å²) in [4.78, 5) is 2.14. The number of nitrogens with zero attached hydrogens (tertiary/aromatic N) is 1. The van der Waals surface area contributed by atoms with E-state index < -0.39 is 10.8 Å². The molecule has 0 saturated carbocycles. The zero-order valence-corrected chi connectivity index (χ0v) is 9.40. The topological polar surface area (TPSA) is 32.3 Å². The fourth-order valence-electron chi connectivity index (χ4n) is 1.35. The second kappa shape index (κ2) is 5.73. The molecule has 4 heteroatoms. The molecule has 13 heavy (non-hydrogen) atoms. The Morgan fingerprint density at radius 2 is 2.15 bits per heavy atom. The molecule has 78 valence electrons. The van der Waals surface area contributed by atoms with Gasteiger partial charge >= 0.3 is 0 Å². The van der Waals surface area contributed by atoms with E-state index >= 15 is 0 Å². The molecular formula is C9H20N2OS. The monoisotopic (exact) mass is 204 g/mol. The molecule has 0 aromatic heterocycles. The van der Waals surface area contributed by atoms with Gasteiger partial charge in [0.2, 0.25) is 0 Å². The Morgan fingerprint density at radius 3 is 2.62 bits per heavy atom. The first-order valence-corrected chi connectivity index (χ1v) is 6.37. The zero-order valence-electron chi connectivity index (χ0n) is 8.58. The molecule has 1 saturated heterocycles. The van der Waals surface area contributed by atoms with Crippen LogP contribution in [-0.4, -0.2) is 54.3 Å². The summed E-state index contributed by atoms with van der Waals surface area (Å²) < 4.78 is 11.5. The van der Waals surface area contributed by atoms with E-state index in [1.807, 2.05) is 0 Å². The number of hydrogen-bond acceptors (Lipinski definition) is 3. The molecule has 0 aromatic carbocycles. The van der Waals surface area contributed by atoms with Gasteiger partial charge in [-0.1, -0.05) is 0 Å². The molecule has 1 unspecified atom stereocenters. The van der Waals surface area contributed by atoms with E-state index in [9.17, 15) is 4.21 Å². The third-order valence-corrected chi connectivity index (χ3v) is 3.85. The molecule has 0 aromatic rings. The van der Waals surface area contributed by atoms with E-state index in [0.717, 1.165) is 37.6 Å². The van der Waals surface area contributed by atoms with E-state index in [-0.39, 0.29) is 0 Å². The summed E-state index contributed by atoms with van der Waals surface area (Å²) in [7, 11) is 3.53. The van der Waals surface area contributed by atoms with Crippen LogP contribution < -0.4 is 5.32 Å². The van der Waals surface area contributed by atoms with Gasteiger partial charge in [-0.25, -0.2) is 0 Å². The van der Waals surface area contributed by atoms with Gasteiger partial charge in [-0.15, -0.1) is 0 Å². The van der Waals surface area contributed by atoms with Crippen LogP contribution in [0, 0.1) is 5.92 Å². The Morgan fingerprint density at radius 1 is 1.46 bits per heavy atom. The lowest BCUT2D eigenvalue weighted by atomic mass is 10.1. The third-order valence-electron chi connectivity index (χ3n) is 2.26. The van der Waals surface area contributed by atoms with Crippen LogP contribution >= 0.6 is 0 Å². The van der Waals surface area contributed by atoms with Crippen LogP contribution in [0.25, 0.3) is 0 Å². The first-order chi connectivity index (χ1) is 6.18. The molecule has 1 aliphatic rings. The predicted molar refractivity (Wildman–Crippen MR) is 57.4 cm³/mol. The highest BCUT2D eigenvalue weighted by Crippen LogP contribution is 2.05. The molecule has 0 aliphatic carbocycles. The lowest BCUT2D eigenvalue weighted by Crippen LogP contribution is -2.45. The Bertz CT molecular complexity index is 169. The van der Waals surface area contributed by atoms with Gasteiger partial charge in [-0.05, 0) is 33.0 Å². The van der Waals surface area contributed by atoms with E-state index in [1.165, 1.54) is 0 Å². The largest absolute Gasteiger partial charge is 0.316 e. The molecule has 1 fully saturated rings. The summed E-state index contributed by atoms with van der Waals surface area (Å²) in [6, 6.07) is 0. The van der Waals surface area contributed by atoms with Crippen molar-refractivity contribution in [1.82, 2.24) is 10.2 Å². The van der Waals surface area contributed by atoms with Crippen molar-refractivity contribution < 1.29 is 4.21 Å². The van der Waals surface area contributed by atoms with Gasteiger partial charge < -0.3 is 10.2 Å². The molecule has 1 heterocycles. The molecular weight excluding hydrogens is 184 g/mol. The summed E-state index contributed by atoms with van der Waals surface area (Å²) >= 11 is 0. The fraction of sp³-hybridized carbons (Fsp3) is 1.00. The molecule has 1 atom stereocenters.